The van der Waals surface area contributed by atoms with E-state index in [4.69, 9.17) is 12.2 Å². The zero-order valence-electron chi connectivity index (χ0n) is 11.3. The molecule has 22 heavy (non-hydrogen) atoms. The Morgan fingerprint density at radius 3 is 2.45 bits per heavy atom. The number of amides is 1. The highest BCUT2D eigenvalue weighted by Crippen LogP contribution is 2.32. The van der Waals surface area contributed by atoms with E-state index in [1.54, 1.807) is 0 Å². The van der Waals surface area contributed by atoms with E-state index in [2.05, 4.69) is 21.4 Å². The zero-order chi connectivity index (χ0) is 15.5. The highest BCUT2D eigenvalue weighted by atomic mass is 79.9. The van der Waals surface area contributed by atoms with E-state index in [0.717, 1.165) is 15.7 Å². The second-order valence-electron chi connectivity index (χ2n) is 4.55. The highest BCUT2D eigenvalue weighted by molar-refractivity contribution is 9.10. The maximum Gasteiger partial charge on any atom is 0.285 e. The molecular formula is C16H11BrN2OS2. The molecule has 3 nitrogen and oxygen atoms in total. The van der Waals surface area contributed by atoms with Crippen molar-refractivity contribution >= 4 is 61.9 Å². The molecule has 2 aromatic rings. The summed E-state index contributed by atoms with van der Waals surface area (Å²) in [6.45, 7) is 0. The second-order valence-corrected chi connectivity index (χ2v) is 7.14. The van der Waals surface area contributed by atoms with Crippen LogP contribution in [0.3, 0.4) is 0 Å². The van der Waals surface area contributed by atoms with Crippen LogP contribution >= 0.6 is 39.9 Å². The van der Waals surface area contributed by atoms with E-state index in [1.807, 2.05) is 60.7 Å². The second kappa shape index (κ2) is 6.64. The van der Waals surface area contributed by atoms with E-state index >= 15 is 0 Å². The van der Waals surface area contributed by atoms with Crippen molar-refractivity contribution in [2.24, 2.45) is 0 Å². The summed E-state index contributed by atoms with van der Waals surface area (Å²) in [5, 5.41) is 1.40. The van der Waals surface area contributed by atoms with Gasteiger partial charge in [-0.15, -0.1) is 0 Å². The maximum absolute atomic E-state index is 12.5. The molecule has 0 unspecified atom stereocenters. The number of anilines is 1. The summed E-state index contributed by atoms with van der Waals surface area (Å²) in [7, 11) is 0. The number of rotatable bonds is 3. The molecule has 1 N–H and O–H groups in total. The molecule has 1 aliphatic rings. The lowest BCUT2D eigenvalue weighted by Gasteiger charge is -2.16. The zero-order valence-corrected chi connectivity index (χ0v) is 14.5. The average molecular weight is 391 g/mol. The fraction of sp³-hybridized carbons (Fsp3) is 0. The van der Waals surface area contributed by atoms with Gasteiger partial charge in [0.15, 0.2) is 4.32 Å². The van der Waals surface area contributed by atoms with Crippen molar-refractivity contribution in [3.63, 3.8) is 0 Å². The van der Waals surface area contributed by atoms with Gasteiger partial charge in [-0.3, -0.25) is 10.2 Å². The average Bonchev–Trinajstić information content (AvgIpc) is 2.78. The third kappa shape index (κ3) is 3.40. The minimum absolute atomic E-state index is 0.137. The Hall–Kier alpha value is -1.63. The van der Waals surface area contributed by atoms with Crippen LogP contribution in [0.4, 0.5) is 5.69 Å². The van der Waals surface area contributed by atoms with Gasteiger partial charge in [0.05, 0.1) is 10.6 Å². The summed E-state index contributed by atoms with van der Waals surface area (Å²) in [5.41, 5.74) is 4.82. The lowest BCUT2D eigenvalue weighted by Crippen LogP contribution is -2.33. The molecule has 0 bridgehead atoms. The molecule has 1 amide bonds. The Kier molecular flexibility index (Phi) is 4.61. The standard InChI is InChI=1S/C16H11BrN2OS2/c17-12-8-6-11(7-9-12)10-14-15(20)19(16(21)22-14)18-13-4-2-1-3-5-13/h1-10,18H/b14-10+. The highest BCUT2D eigenvalue weighted by Gasteiger charge is 2.32. The van der Waals surface area contributed by atoms with Crippen molar-refractivity contribution in [3.05, 3.63) is 69.5 Å². The van der Waals surface area contributed by atoms with Crippen molar-refractivity contribution in [2.75, 3.05) is 5.43 Å². The van der Waals surface area contributed by atoms with Crippen LogP contribution in [0.25, 0.3) is 6.08 Å². The lowest BCUT2D eigenvalue weighted by molar-refractivity contribution is -0.121. The first kappa shape index (κ1) is 15.3. The number of carbonyl (C=O) groups excluding carboxylic acids is 1. The normalized spacial score (nSPS) is 16.4. The van der Waals surface area contributed by atoms with Gasteiger partial charge in [-0.1, -0.05) is 58.0 Å². The molecule has 3 rings (SSSR count). The first-order valence-electron chi connectivity index (χ1n) is 6.49. The number of thioether (sulfide) groups is 1. The number of halogens is 1. The van der Waals surface area contributed by atoms with Crippen LogP contribution in [-0.2, 0) is 4.79 Å². The quantitative estimate of drug-likeness (QED) is 0.609. The molecule has 1 heterocycles. The number of benzene rings is 2. The van der Waals surface area contributed by atoms with Gasteiger partial charge in [0.25, 0.3) is 5.91 Å². The Bertz CT molecular complexity index is 745. The molecule has 0 saturated carbocycles. The molecule has 0 aromatic heterocycles. The third-order valence-electron chi connectivity index (χ3n) is 2.98. The van der Waals surface area contributed by atoms with Crippen LogP contribution in [0.1, 0.15) is 5.56 Å². The monoisotopic (exact) mass is 390 g/mol. The number of thiocarbonyl (C=S) groups is 1. The summed E-state index contributed by atoms with van der Waals surface area (Å²) < 4.78 is 1.50. The molecule has 2 aromatic carbocycles. The molecule has 1 fully saturated rings. The molecule has 1 saturated heterocycles. The lowest BCUT2D eigenvalue weighted by atomic mass is 10.2. The summed E-state index contributed by atoms with van der Waals surface area (Å²) in [6, 6.07) is 17.3. The predicted molar refractivity (Wildman–Crippen MR) is 99.2 cm³/mol. The molecule has 6 heteroatoms. The summed E-state index contributed by atoms with van der Waals surface area (Å²) in [6.07, 6.45) is 1.85. The van der Waals surface area contributed by atoms with Crippen LogP contribution in [0.2, 0.25) is 0 Å². The van der Waals surface area contributed by atoms with Crippen molar-refractivity contribution in [3.8, 4) is 0 Å². The molecule has 0 radical (unpaired) electrons. The van der Waals surface area contributed by atoms with Gasteiger partial charge in [0.2, 0.25) is 0 Å². The van der Waals surface area contributed by atoms with Gasteiger partial charge in [0.1, 0.15) is 0 Å². The van der Waals surface area contributed by atoms with Gasteiger partial charge < -0.3 is 0 Å². The largest absolute Gasteiger partial charge is 0.290 e. The van der Waals surface area contributed by atoms with Crippen LogP contribution < -0.4 is 5.43 Å². The van der Waals surface area contributed by atoms with Gasteiger partial charge in [-0.05, 0) is 48.1 Å². The van der Waals surface area contributed by atoms with E-state index in [9.17, 15) is 4.79 Å². The number of hydrogen-bond donors (Lipinski definition) is 1. The Labute approximate surface area is 146 Å². The van der Waals surface area contributed by atoms with E-state index in [1.165, 1.54) is 16.8 Å². The fourth-order valence-corrected chi connectivity index (χ4v) is 3.36. The minimum atomic E-state index is -0.137. The summed E-state index contributed by atoms with van der Waals surface area (Å²) in [5.74, 6) is -0.137. The van der Waals surface area contributed by atoms with Crippen LogP contribution in [-0.4, -0.2) is 15.2 Å². The summed E-state index contributed by atoms with van der Waals surface area (Å²) in [4.78, 5) is 13.1. The summed E-state index contributed by atoms with van der Waals surface area (Å²) >= 11 is 9.98. The fourth-order valence-electron chi connectivity index (χ4n) is 1.92. The van der Waals surface area contributed by atoms with Crippen molar-refractivity contribution in [1.29, 1.82) is 0 Å². The van der Waals surface area contributed by atoms with Crippen LogP contribution in [0, 0.1) is 0 Å². The predicted octanol–water partition coefficient (Wildman–Crippen LogP) is 4.68. The first-order chi connectivity index (χ1) is 10.6. The molecule has 0 aliphatic carbocycles. The van der Waals surface area contributed by atoms with Crippen LogP contribution in [0.5, 0.6) is 0 Å². The number of carbonyl (C=O) groups is 1. The van der Waals surface area contributed by atoms with E-state index in [-0.39, 0.29) is 5.91 Å². The number of nitrogens with one attached hydrogen (secondary N) is 1. The van der Waals surface area contributed by atoms with Crippen molar-refractivity contribution in [2.45, 2.75) is 0 Å². The maximum atomic E-state index is 12.5. The van der Waals surface area contributed by atoms with Gasteiger partial charge >= 0.3 is 0 Å². The molecule has 0 atom stereocenters. The van der Waals surface area contributed by atoms with Crippen molar-refractivity contribution in [1.82, 2.24) is 5.01 Å². The SMILES string of the molecule is O=C1/C(=C\c2ccc(Br)cc2)SC(=S)N1Nc1ccccc1. The smallest absolute Gasteiger partial charge is 0.285 e. The topological polar surface area (TPSA) is 32.3 Å². The third-order valence-corrected chi connectivity index (χ3v) is 4.81. The first-order valence-corrected chi connectivity index (χ1v) is 8.50. The Morgan fingerprint density at radius 2 is 1.77 bits per heavy atom. The minimum Gasteiger partial charge on any atom is -0.290 e. The Balaban J connectivity index is 1.80. The van der Waals surface area contributed by atoms with Gasteiger partial charge in [0, 0.05) is 4.47 Å². The van der Waals surface area contributed by atoms with Crippen LogP contribution in [0.15, 0.2) is 64.0 Å². The number of para-hydroxylation sites is 1. The van der Waals surface area contributed by atoms with E-state index in [0.29, 0.717) is 9.23 Å². The molecule has 0 spiro atoms. The van der Waals surface area contributed by atoms with Crippen molar-refractivity contribution < 1.29 is 4.79 Å². The van der Waals surface area contributed by atoms with Gasteiger partial charge in [-0.2, -0.15) is 0 Å². The number of hydrazine groups is 1. The van der Waals surface area contributed by atoms with E-state index < -0.39 is 0 Å². The molecular weight excluding hydrogens is 380 g/mol. The molecule has 110 valence electrons. The number of hydrogen-bond acceptors (Lipinski definition) is 4. The molecule has 1 aliphatic heterocycles. The van der Waals surface area contributed by atoms with Gasteiger partial charge in [-0.25, -0.2) is 5.01 Å². The Morgan fingerprint density at radius 1 is 1.09 bits per heavy atom. The number of nitrogens with zero attached hydrogens (tertiary/aromatic N) is 1.